The predicted molar refractivity (Wildman–Crippen MR) is 125 cm³/mol. The molecule has 0 spiro atoms. The Morgan fingerprint density at radius 2 is 1.97 bits per heavy atom. The third-order valence-corrected chi connectivity index (χ3v) is 5.54. The lowest BCUT2D eigenvalue weighted by atomic mass is 10.2. The molecular formula is C25H35N3O4. The van der Waals surface area contributed by atoms with Crippen molar-refractivity contribution in [2.75, 3.05) is 46.9 Å². The molecule has 7 heteroatoms. The summed E-state index contributed by atoms with van der Waals surface area (Å²) < 4.78 is 11.3. The second-order valence-electron chi connectivity index (χ2n) is 8.29. The third-order valence-electron chi connectivity index (χ3n) is 5.54. The summed E-state index contributed by atoms with van der Waals surface area (Å²) in [7, 11) is 3.59. The first-order valence-corrected chi connectivity index (χ1v) is 11.2. The van der Waals surface area contributed by atoms with Crippen LogP contribution >= 0.6 is 0 Å². The molecular weight excluding hydrogens is 406 g/mol. The van der Waals surface area contributed by atoms with Crippen molar-refractivity contribution in [3.8, 4) is 11.5 Å². The van der Waals surface area contributed by atoms with Crippen LogP contribution in [0.15, 0.2) is 48.5 Å². The molecule has 7 nitrogen and oxygen atoms in total. The van der Waals surface area contributed by atoms with E-state index in [1.54, 1.807) is 7.11 Å². The zero-order valence-corrected chi connectivity index (χ0v) is 19.1. The summed E-state index contributed by atoms with van der Waals surface area (Å²) in [5.41, 5.74) is 2.27. The molecule has 0 aromatic heterocycles. The first-order valence-electron chi connectivity index (χ1n) is 11.2. The van der Waals surface area contributed by atoms with Gasteiger partial charge in [0.15, 0.2) is 11.5 Å². The minimum absolute atomic E-state index is 0.184. The molecule has 0 saturated carbocycles. The van der Waals surface area contributed by atoms with Gasteiger partial charge in [-0.2, -0.15) is 0 Å². The summed E-state index contributed by atoms with van der Waals surface area (Å²) in [6, 6.07) is 16.0. The maximum atomic E-state index is 11.7. The molecule has 2 N–H and O–H groups in total. The molecule has 1 unspecified atom stereocenters. The zero-order valence-electron chi connectivity index (χ0n) is 19.1. The highest BCUT2D eigenvalue weighted by Gasteiger charge is 2.19. The fraction of sp³-hybridized carbons (Fsp3) is 0.480. The quantitative estimate of drug-likeness (QED) is 0.465. The normalized spacial score (nSPS) is 14.8. The van der Waals surface area contributed by atoms with E-state index in [2.05, 4.69) is 22.3 Å². The third kappa shape index (κ3) is 7.51. The Hall–Kier alpha value is -2.61. The lowest BCUT2D eigenvalue weighted by molar-refractivity contribution is -0.127. The Labute approximate surface area is 190 Å². The first-order chi connectivity index (χ1) is 15.5. The van der Waals surface area contributed by atoms with Crippen molar-refractivity contribution < 1.29 is 19.4 Å². The maximum Gasteiger partial charge on any atom is 0.222 e. The fourth-order valence-corrected chi connectivity index (χ4v) is 3.89. The molecule has 1 atom stereocenters. The molecule has 1 aliphatic rings. The van der Waals surface area contributed by atoms with Gasteiger partial charge in [-0.15, -0.1) is 0 Å². The van der Waals surface area contributed by atoms with Crippen LogP contribution in [-0.4, -0.2) is 73.9 Å². The number of aliphatic hydroxyl groups excluding tert-OH is 1. The number of nitrogens with one attached hydrogen (secondary N) is 1. The predicted octanol–water partition coefficient (Wildman–Crippen LogP) is 2.28. The second-order valence-corrected chi connectivity index (χ2v) is 8.29. The molecule has 174 valence electrons. The largest absolute Gasteiger partial charge is 0.493 e. The van der Waals surface area contributed by atoms with Crippen LogP contribution in [0.1, 0.15) is 24.0 Å². The summed E-state index contributed by atoms with van der Waals surface area (Å²) >= 11 is 0. The van der Waals surface area contributed by atoms with Gasteiger partial charge in [0.05, 0.1) is 7.11 Å². The number of hydrogen-bond acceptors (Lipinski definition) is 6. The van der Waals surface area contributed by atoms with E-state index < -0.39 is 6.10 Å². The van der Waals surface area contributed by atoms with Gasteiger partial charge in [-0.1, -0.05) is 36.4 Å². The summed E-state index contributed by atoms with van der Waals surface area (Å²) in [5.74, 6) is 1.51. The number of hydrogen-bond donors (Lipinski definition) is 2. The van der Waals surface area contributed by atoms with Crippen LogP contribution in [0.5, 0.6) is 11.5 Å². The Morgan fingerprint density at radius 3 is 2.69 bits per heavy atom. The number of benzene rings is 2. The van der Waals surface area contributed by atoms with Crippen LogP contribution in [0.25, 0.3) is 0 Å². The number of carbonyl (C=O) groups is 1. The number of methoxy groups -OCH3 is 1. The molecule has 2 aromatic rings. The molecule has 0 bridgehead atoms. The molecule has 0 aliphatic carbocycles. The number of aliphatic hydroxyl groups is 1. The van der Waals surface area contributed by atoms with Crippen LogP contribution in [0.4, 0.5) is 0 Å². The van der Waals surface area contributed by atoms with E-state index in [4.69, 9.17) is 9.47 Å². The van der Waals surface area contributed by atoms with Crippen LogP contribution in [-0.2, 0) is 17.9 Å². The fourth-order valence-electron chi connectivity index (χ4n) is 3.89. The van der Waals surface area contributed by atoms with Gasteiger partial charge in [-0.25, -0.2) is 0 Å². The van der Waals surface area contributed by atoms with Gasteiger partial charge in [0.2, 0.25) is 5.91 Å². The van der Waals surface area contributed by atoms with Crippen molar-refractivity contribution in [3.05, 3.63) is 59.7 Å². The highest BCUT2D eigenvalue weighted by atomic mass is 16.5. The Kier molecular flexibility index (Phi) is 9.34. The number of nitrogens with zero attached hydrogens (tertiary/aromatic N) is 2. The molecule has 32 heavy (non-hydrogen) atoms. The van der Waals surface area contributed by atoms with Gasteiger partial charge in [-0.05, 0) is 36.7 Å². The van der Waals surface area contributed by atoms with Gasteiger partial charge < -0.3 is 24.8 Å². The highest BCUT2D eigenvalue weighted by molar-refractivity contribution is 5.78. The number of rotatable bonds is 13. The summed E-state index contributed by atoms with van der Waals surface area (Å²) in [6.45, 7) is 4.48. The lowest BCUT2D eigenvalue weighted by Gasteiger charge is -2.21. The standard InChI is InChI=1S/C25H35N3O4/c1-27(17-20-7-4-3-5-8-20)18-22(29)19-32-24-15-21(10-11-23(24)31-2)16-26-12-14-28-13-6-9-25(28)30/h3-5,7-8,10-11,15,22,26,29H,6,9,12-14,16-19H2,1-2H3. The van der Waals surface area contributed by atoms with Crippen molar-refractivity contribution in [2.45, 2.75) is 32.0 Å². The van der Waals surface area contributed by atoms with Crippen molar-refractivity contribution in [1.82, 2.24) is 15.1 Å². The number of ether oxygens (including phenoxy) is 2. The van der Waals surface area contributed by atoms with Crippen molar-refractivity contribution >= 4 is 5.91 Å². The number of carbonyl (C=O) groups excluding carboxylic acids is 1. The number of likely N-dealkylation sites (tertiary alicyclic amines) is 1. The van der Waals surface area contributed by atoms with E-state index >= 15 is 0 Å². The van der Waals surface area contributed by atoms with E-state index in [0.29, 0.717) is 31.0 Å². The lowest BCUT2D eigenvalue weighted by Crippen LogP contribution is -2.33. The molecule has 1 amide bonds. The topological polar surface area (TPSA) is 74.3 Å². The van der Waals surface area contributed by atoms with Gasteiger partial charge in [0, 0.05) is 45.7 Å². The van der Waals surface area contributed by atoms with Gasteiger partial charge in [-0.3, -0.25) is 9.69 Å². The SMILES string of the molecule is COc1ccc(CNCCN2CCCC2=O)cc1OCC(O)CN(C)Cc1ccccc1. The minimum Gasteiger partial charge on any atom is -0.493 e. The number of likely N-dealkylation sites (N-methyl/N-ethyl adjacent to an activating group) is 1. The Morgan fingerprint density at radius 1 is 1.16 bits per heavy atom. The van der Waals surface area contributed by atoms with Crippen molar-refractivity contribution in [2.24, 2.45) is 0 Å². The average molecular weight is 442 g/mol. The molecule has 1 saturated heterocycles. The molecule has 1 aliphatic heterocycles. The van der Waals surface area contributed by atoms with Crippen LogP contribution in [0, 0.1) is 0 Å². The summed E-state index contributed by atoms with van der Waals surface area (Å²) in [4.78, 5) is 15.7. The molecule has 1 fully saturated rings. The Balaban J connectivity index is 1.44. The minimum atomic E-state index is -0.617. The Bertz CT molecular complexity index is 846. The van der Waals surface area contributed by atoms with E-state index in [1.165, 1.54) is 5.56 Å². The van der Waals surface area contributed by atoms with E-state index in [9.17, 15) is 9.90 Å². The van der Waals surface area contributed by atoms with Gasteiger partial charge in [0.1, 0.15) is 12.7 Å². The smallest absolute Gasteiger partial charge is 0.222 e. The molecule has 3 rings (SSSR count). The average Bonchev–Trinajstić information content (AvgIpc) is 3.20. The first kappa shape index (κ1) is 24.0. The van der Waals surface area contributed by atoms with Crippen LogP contribution in [0.3, 0.4) is 0 Å². The van der Waals surface area contributed by atoms with Crippen molar-refractivity contribution in [3.63, 3.8) is 0 Å². The van der Waals surface area contributed by atoms with Crippen LogP contribution in [0.2, 0.25) is 0 Å². The van der Waals surface area contributed by atoms with Crippen LogP contribution < -0.4 is 14.8 Å². The van der Waals surface area contributed by atoms with E-state index in [1.807, 2.05) is 48.3 Å². The summed E-state index contributed by atoms with van der Waals surface area (Å²) in [5, 5.41) is 13.8. The zero-order chi connectivity index (χ0) is 22.8. The molecule has 1 heterocycles. The van der Waals surface area contributed by atoms with E-state index in [0.717, 1.165) is 38.2 Å². The number of amides is 1. The van der Waals surface area contributed by atoms with Gasteiger partial charge in [0.25, 0.3) is 0 Å². The second kappa shape index (κ2) is 12.4. The highest BCUT2D eigenvalue weighted by Crippen LogP contribution is 2.28. The molecule has 2 aromatic carbocycles. The molecule has 0 radical (unpaired) electrons. The maximum absolute atomic E-state index is 11.7. The van der Waals surface area contributed by atoms with Crippen molar-refractivity contribution in [1.29, 1.82) is 0 Å². The monoisotopic (exact) mass is 441 g/mol. The van der Waals surface area contributed by atoms with Gasteiger partial charge >= 0.3 is 0 Å². The summed E-state index contributed by atoms with van der Waals surface area (Å²) in [6.07, 6.45) is 1.02. The van der Waals surface area contributed by atoms with E-state index in [-0.39, 0.29) is 12.5 Å².